The van der Waals surface area contributed by atoms with E-state index < -0.39 is 12.2 Å². The number of quaternary nitrogens is 2. The average Bonchev–Trinajstić information content (AvgIpc) is 3.45. The molecule has 1 aliphatic heterocycles. The van der Waals surface area contributed by atoms with Gasteiger partial charge in [0.2, 0.25) is 0 Å². The van der Waals surface area contributed by atoms with Crippen LogP contribution in [0.25, 0.3) is 43.6 Å². The fourth-order valence-electron chi connectivity index (χ4n) is 7.05. The molecule has 1 saturated heterocycles. The summed E-state index contributed by atoms with van der Waals surface area (Å²) < 4.78 is 4.40. The lowest BCUT2D eigenvalue weighted by atomic mass is 10.1. The van der Waals surface area contributed by atoms with E-state index >= 15 is 0 Å². The van der Waals surface area contributed by atoms with Crippen LogP contribution in [0.4, 0.5) is 0 Å². The minimum Gasteiger partial charge on any atom is -0.385 e. The van der Waals surface area contributed by atoms with Gasteiger partial charge in [0.05, 0.1) is 13.1 Å². The van der Waals surface area contributed by atoms with Crippen molar-refractivity contribution in [1.29, 1.82) is 0 Å². The number of hydrogen-bond donors (Lipinski definition) is 4. The van der Waals surface area contributed by atoms with Crippen molar-refractivity contribution >= 4 is 78.4 Å². The lowest BCUT2D eigenvalue weighted by molar-refractivity contribution is -1.01. The minimum atomic E-state index is -0.490. The smallest absolute Gasteiger partial charge is 0.127 e. The van der Waals surface area contributed by atoms with Gasteiger partial charge in [0.1, 0.15) is 51.5 Å². The second-order valence-electron chi connectivity index (χ2n) is 11.9. The van der Waals surface area contributed by atoms with E-state index in [1.165, 1.54) is 9.80 Å². The molecule has 2 atom stereocenters. The van der Waals surface area contributed by atoms with Crippen molar-refractivity contribution in [2.75, 3.05) is 39.3 Å². The van der Waals surface area contributed by atoms with Crippen molar-refractivity contribution in [1.82, 2.24) is 9.13 Å². The number of nitrogens with one attached hydrogen (secondary N) is 2. The highest BCUT2D eigenvalue weighted by molar-refractivity contribution is 6.33. The summed E-state index contributed by atoms with van der Waals surface area (Å²) in [6.45, 7) is 6.29. The van der Waals surface area contributed by atoms with Gasteiger partial charge in [0.25, 0.3) is 0 Å². The maximum atomic E-state index is 11.2. The first-order valence-electron chi connectivity index (χ1n) is 14.9. The minimum absolute atomic E-state index is 0.464. The Morgan fingerprint density at radius 1 is 0.535 bits per heavy atom. The molecule has 0 bridgehead atoms. The molecule has 6 aromatic rings. The lowest BCUT2D eigenvalue weighted by Crippen LogP contribution is -3.28. The zero-order valence-electron chi connectivity index (χ0n) is 23.7. The van der Waals surface area contributed by atoms with Gasteiger partial charge in [0.15, 0.2) is 0 Å². The van der Waals surface area contributed by atoms with Crippen LogP contribution in [0.5, 0.6) is 0 Å². The monoisotopic (exact) mass is 636 g/mol. The Kier molecular flexibility index (Phi) is 8.03. The zero-order chi connectivity index (χ0) is 29.7. The molecule has 1 fully saturated rings. The summed E-state index contributed by atoms with van der Waals surface area (Å²) in [5.41, 5.74) is 4.31. The average molecular weight is 638 g/mol. The molecule has 0 spiro atoms. The van der Waals surface area contributed by atoms with Crippen molar-refractivity contribution in [3.05, 3.63) is 93.9 Å². The van der Waals surface area contributed by atoms with Gasteiger partial charge in [-0.3, -0.25) is 0 Å². The Bertz CT molecular complexity index is 1880. The van der Waals surface area contributed by atoms with Crippen LogP contribution < -0.4 is 9.80 Å². The van der Waals surface area contributed by atoms with E-state index in [0.717, 1.165) is 74.8 Å². The second-order valence-corrected chi connectivity index (χ2v) is 13.2. The number of aliphatic hydroxyl groups is 2. The summed E-state index contributed by atoms with van der Waals surface area (Å²) in [5.74, 6) is 0. The molecule has 0 saturated carbocycles. The first-order chi connectivity index (χ1) is 20.8. The van der Waals surface area contributed by atoms with Gasteiger partial charge in [-0.25, -0.2) is 0 Å². The number of nitrogens with zero attached hydrogens (tertiary/aromatic N) is 2. The Hall–Kier alpha value is -2.81. The number of aromatic nitrogens is 2. The summed E-state index contributed by atoms with van der Waals surface area (Å²) in [4.78, 5) is 2.81. The maximum absolute atomic E-state index is 11.2. The molecule has 4 N–H and O–H groups in total. The van der Waals surface area contributed by atoms with E-state index in [4.69, 9.17) is 34.8 Å². The van der Waals surface area contributed by atoms with Crippen LogP contribution in [-0.4, -0.2) is 70.8 Å². The standard InChI is InChI=1S/C34H33Cl3N4O2/c35-22-5-8-32-28(15-22)27-3-1-2-4-31(27)40(32)20-25(42)18-38-11-13-39(14-12-38)19-26(43)21-41-33-9-6-23(36)16-29(33)30-17-24(37)7-10-34(30)41/h1-10,15-17,25-26,42-43H,11-14,18-21H2/p+2/t25-,26+/m1/s1. The van der Waals surface area contributed by atoms with E-state index in [1.807, 2.05) is 66.7 Å². The van der Waals surface area contributed by atoms with Crippen molar-refractivity contribution in [2.45, 2.75) is 25.3 Å². The molecule has 0 radical (unpaired) electrons. The molecule has 4 aromatic carbocycles. The zero-order valence-corrected chi connectivity index (χ0v) is 26.0. The molecule has 0 amide bonds. The summed E-state index contributed by atoms with van der Waals surface area (Å²) in [6, 6.07) is 26.1. The van der Waals surface area contributed by atoms with Crippen LogP contribution in [-0.2, 0) is 13.1 Å². The number of fused-ring (bicyclic) bond motifs is 6. The quantitative estimate of drug-likeness (QED) is 0.204. The van der Waals surface area contributed by atoms with Crippen LogP contribution in [0, 0.1) is 0 Å². The highest BCUT2D eigenvalue weighted by atomic mass is 35.5. The third kappa shape index (κ3) is 5.74. The van der Waals surface area contributed by atoms with Gasteiger partial charge in [-0.1, -0.05) is 53.0 Å². The van der Waals surface area contributed by atoms with E-state index in [0.29, 0.717) is 36.2 Å². The van der Waals surface area contributed by atoms with Gasteiger partial charge in [0, 0.05) is 58.7 Å². The first kappa shape index (κ1) is 28.9. The largest absolute Gasteiger partial charge is 0.385 e. The third-order valence-electron chi connectivity index (χ3n) is 9.02. The Balaban J connectivity index is 0.978. The van der Waals surface area contributed by atoms with Crippen LogP contribution in [0.2, 0.25) is 15.1 Å². The van der Waals surface area contributed by atoms with Gasteiger partial charge in [-0.15, -0.1) is 0 Å². The summed E-state index contributed by atoms with van der Waals surface area (Å²) in [7, 11) is 0. The molecule has 2 aromatic heterocycles. The van der Waals surface area contributed by atoms with E-state index in [2.05, 4.69) is 21.3 Å². The normalized spacial score (nSPS) is 19.1. The number of para-hydroxylation sites is 1. The fraction of sp³-hybridized carbons (Fsp3) is 0.294. The van der Waals surface area contributed by atoms with Crippen LogP contribution in [0.1, 0.15) is 0 Å². The molecule has 222 valence electrons. The van der Waals surface area contributed by atoms with Crippen LogP contribution in [0.3, 0.4) is 0 Å². The summed E-state index contributed by atoms with van der Waals surface area (Å²) in [6.07, 6.45) is -0.953. The van der Waals surface area contributed by atoms with Gasteiger partial charge >= 0.3 is 0 Å². The molecule has 9 heteroatoms. The molecular weight excluding hydrogens is 603 g/mol. The molecule has 0 unspecified atom stereocenters. The Morgan fingerprint density at radius 3 is 1.35 bits per heavy atom. The number of benzene rings is 4. The predicted octanol–water partition coefficient (Wildman–Crippen LogP) is 4.07. The number of piperazine rings is 1. The molecule has 6 nitrogen and oxygen atoms in total. The molecular formula is C34H35Cl3N4O2+2. The van der Waals surface area contributed by atoms with E-state index in [1.54, 1.807) is 0 Å². The fourth-order valence-corrected chi connectivity index (χ4v) is 7.57. The lowest BCUT2D eigenvalue weighted by Gasteiger charge is -2.32. The highest BCUT2D eigenvalue weighted by Gasteiger charge is 2.28. The van der Waals surface area contributed by atoms with Gasteiger partial charge in [-0.05, 0) is 60.7 Å². The van der Waals surface area contributed by atoms with Gasteiger partial charge < -0.3 is 29.1 Å². The number of halogens is 3. The summed E-state index contributed by atoms with van der Waals surface area (Å²) >= 11 is 18.9. The van der Waals surface area contributed by atoms with Crippen molar-refractivity contribution in [3.8, 4) is 0 Å². The number of aliphatic hydroxyl groups excluding tert-OH is 2. The van der Waals surface area contributed by atoms with Crippen molar-refractivity contribution in [3.63, 3.8) is 0 Å². The summed E-state index contributed by atoms with van der Waals surface area (Å²) in [5, 5.41) is 28.8. The SMILES string of the molecule is O[C@H](Cn1c2ccc(Cl)cc2c2cc(Cl)ccc21)C[NH+]1CC[NH+](C[C@@H](O)Cn2c3ccccc3c3cc(Cl)ccc32)CC1. The molecule has 7 rings (SSSR count). The van der Waals surface area contributed by atoms with E-state index in [-0.39, 0.29) is 0 Å². The maximum Gasteiger partial charge on any atom is 0.127 e. The second kappa shape index (κ2) is 11.9. The molecule has 43 heavy (non-hydrogen) atoms. The molecule has 3 heterocycles. The van der Waals surface area contributed by atoms with Crippen molar-refractivity contribution in [2.24, 2.45) is 0 Å². The Morgan fingerprint density at radius 2 is 0.907 bits per heavy atom. The van der Waals surface area contributed by atoms with E-state index in [9.17, 15) is 10.2 Å². The van der Waals surface area contributed by atoms with Crippen LogP contribution in [0.15, 0.2) is 78.9 Å². The third-order valence-corrected chi connectivity index (χ3v) is 9.73. The van der Waals surface area contributed by atoms with Crippen LogP contribution >= 0.6 is 34.8 Å². The number of hydrogen-bond acceptors (Lipinski definition) is 2. The first-order valence-corrected chi connectivity index (χ1v) is 16.0. The van der Waals surface area contributed by atoms with Gasteiger partial charge in [-0.2, -0.15) is 0 Å². The van der Waals surface area contributed by atoms with Crippen molar-refractivity contribution < 1.29 is 20.0 Å². The molecule has 0 aliphatic carbocycles. The Labute approximate surface area is 265 Å². The highest BCUT2D eigenvalue weighted by Crippen LogP contribution is 2.33. The predicted molar refractivity (Wildman–Crippen MR) is 177 cm³/mol. The molecule has 1 aliphatic rings. The number of rotatable bonds is 8. The topological polar surface area (TPSA) is 59.2 Å².